The smallest absolute Gasteiger partial charge is 0.234 e. The van der Waals surface area contributed by atoms with Crippen LogP contribution in [0.3, 0.4) is 0 Å². The van der Waals surface area contributed by atoms with Crippen molar-refractivity contribution in [3.63, 3.8) is 0 Å². The first kappa shape index (κ1) is 15.4. The van der Waals surface area contributed by atoms with E-state index in [1.807, 2.05) is 16.8 Å². The van der Waals surface area contributed by atoms with E-state index in [2.05, 4.69) is 30.7 Å². The van der Waals surface area contributed by atoms with Crippen molar-refractivity contribution in [1.82, 2.24) is 25.2 Å². The number of carbonyl (C=O) groups is 1. The van der Waals surface area contributed by atoms with Crippen LogP contribution in [0.15, 0.2) is 23.5 Å². The number of rotatable bonds is 6. The first-order valence-electron chi connectivity index (χ1n) is 8.21. The van der Waals surface area contributed by atoms with Gasteiger partial charge < -0.3 is 10.2 Å². The van der Waals surface area contributed by atoms with Crippen LogP contribution in [0.1, 0.15) is 31.7 Å². The lowest BCUT2D eigenvalue weighted by molar-refractivity contribution is -0.113. The molecule has 0 radical (unpaired) electrons. The summed E-state index contributed by atoms with van der Waals surface area (Å²) in [6.07, 6.45) is 6.37. The SMILES string of the molecule is O=C(CSc1nnnn1C1CC1)Nc1ccc(N2CCCC2)nc1. The van der Waals surface area contributed by atoms with Gasteiger partial charge in [0.15, 0.2) is 0 Å². The van der Waals surface area contributed by atoms with Gasteiger partial charge in [-0.15, -0.1) is 5.10 Å². The van der Waals surface area contributed by atoms with Gasteiger partial charge in [0.25, 0.3) is 0 Å². The number of carbonyl (C=O) groups excluding carboxylic acids is 1. The van der Waals surface area contributed by atoms with Gasteiger partial charge in [0.05, 0.1) is 23.7 Å². The third kappa shape index (κ3) is 3.50. The molecule has 2 aliphatic rings. The van der Waals surface area contributed by atoms with Crippen LogP contribution in [0.4, 0.5) is 11.5 Å². The molecule has 0 atom stereocenters. The lowest BCUT2D eigenvalue weighted by Gasteiger charge is -2.16. The molecule has 1 saturated carbocycles. The highest BCUT2D eigenvalue weighted by Crippen LogP contribution is 2.36. The molecule has 1 amide bonds. The Balaban J connectivity index is 1.30. The fourth-order valence-electron chi connectivity index (χ4n) is 2.75. The number of thioether (sulfide) groups is 1. The number of hydrogen-bond donors (Lipinski definition) is 1. The number of nitrogens with zero attached hydrogens (tertiary/aromatic N) is 6. The van der Waals surface area contributed by atoms with Crippen LogP contribution in [0, 0.1) is 0 Å². The van der Waals surface area contributed by atoms with E-state index in [9.17, 15) is 4.79 Å². The van der Waals surface area contributed by atoms with Crippen LogP contribution >= 0.6 is 11.8 Å². The molecule has 1 aliphatic heterocycles. The predicted octanol–water partition coefficient (Wildman–Crippen LogP) is 1.73. The van der Waals surface area contributed by atoms with Gasteiger partial charge >= 0.3 is 0 Å². The van der Waals surface area contributed by atoms with E-state index in [1.165, 1.54) is 24.6 Å². The Hall–Kier alpha value is -2.16. The van der Waals surface area contributed by atoms with Gasteiger partial charge in [-0.25, -0.2) is 9.67 Å². The van der Waals surface area contributed by atoms with Crippen molar-refractivity contribution in [3.05, 3.63) is 18.3 Å². The van der Waals surface area contributed by atoms with Crippen LogP contribution in [0.5, 0.6) is 0 Å². The number of amides is 1. The van der Waals surface area contributed by atoms with Gasteiger partial charge in [0, 0.05) is 13.1 Å². The minimum absolute atomic E-state index is 0.0823. The summed E-state index contributed by atoms with van der Waals surface area (Å²) in [7, 11) is 0. The van der Waals surface area contributed by atoms with Crippen molar-refractivity contribution in [2.45, 2.75) is 36.9 Å². The average Bonchev–Trinajstić information content (AvgIpc) is 3.11. The molecule has 126 valence electrons. The van der Waals surface area contributed by atoms with E-state index in [0.717, 1.165) is 31.7 Å². The number of tetrazole rings is 1. The Bertz CT molecular complexity index is 707. The quantitative estimate of drug-likeness (QED) is 0.798. The second-order valence-corrected chi connectivity index (χ2v) is 7.02. The number of aromatic nitrogens is 5. The van der Waals surface area contributed by atoms with Crippen LogP contribution in [0.25, 0.3) is 0 Å². The van der Waals surface area contributed by atoms with Crippen molar-refractivity contribution in [2.75, 3.05) is 29.1 Å². The highest BCUT2D eigenvalue weighted by atomic mass is 32.2. The largest absolute Gasteiger partial charge is 0.357 e. The third-order valence-corrected chi connectivity index (χ3v) is 5.08. The molecular formula is C15H19N7OS. The summed E-state index contributed by atoms with van der Waals surface area (Å²) >= 11 is 1.36. The second-order valence-electron chi connectivity index (χ2n) is 6.07. The Labute approximate surface area is 144 Å². The monoisotopic (exact) mass is 345 g/mol. The molecule has 2 aromatic rings. The summed E-state index contributed by atoms with van der Waals surface area (Å²) in [5.41, 5.74) is 0.713. The van der Waals surface area contributed by atoms with Crippen molar-refractivity contribution < 1.29 is 4.79 Å². The first-order chi connectivity index (χ1) is 11.8. The topological polar surface area (TPSA) is 88.8 Å². The molecule has 24 heavy (non-hydrogen) atoms. The summed E-state index contributed by atoms with van der Waals surface area (Å²) in [6, 6.07) is 4.27. The number of nitrogens with one attached hydrogen (secondary N) is 1. The molecule has 1 N–H and O–H groups in total. The molecule has 2 aromatic heterocycles. The number of anilines is 2. The van der Waals surface area contributed by atoms with Gasteiger partial charge in [-0.2, -0.15) is 0 Å². The molecule has 4 rings (SSSR count). The zero-order valence-corrected chi connectivity index (χ0v) is 14.1. The number of pyridine rings is 1. The van der Waals surface area contributed by atoms with Gasteiger partial charge in [-0.1, -0.05) is 11.8 Å². The Morgan fingerprint density at radius 3 is 2.83 bits per heavy atom. The predicted molar refractivity (Wildman–Crippen MR) is 91.1 cm³/mol. The van der Waals surface area contributed by atoms with Gasteiger partial charge in [-0.05, 0) is 48.2 Å². The Morgan fingerprint density at radius 1 is 1.29 bits per heavy atom. The summed E-state index contributed by atoms with van der Waals surface area (Å²) in [4.78, 5) is 18.8. The van der Waals surface area contributed by atoms with Crippen molar-refractivity contribution in [1.29, 1.82) is 0 Å². The van der Waals surface area contributed by atoms with E-state index in [4.69, 9.17) is 0 Å². The van der Waals surface area contributed by atoms with E-state index >= 15 is 0 Å². The summed E-state index contributed by atoms with van der Waals surface area (Å²) < 4.78 is 1.81. The average molecular weight is 345 g/mol. The molecule has 0 aromatic carbocycles. The standard InChI is InChI=1S/C15H19N7OS/c23-14(10-24-15-18-19-20-22(15)12-4-5-12)17-11-3-6-13(16-9-11)21-7-1-2-8-21/h3,6,9,12H,1-2,4-5,7-8,10H2,(H,17,23). The molecule has 3 heterocycles. The van der Waals surface area contributed by atoms with Crippen molar-refractivity contribution in [3.8, 4) is 0 Å². The van der Waals surface area contributed by atoms with Crippen LogP contribution in [0.2, 0.25) is 0 Å². The highest BCUT2D eigenvalue weighted by molar-refractivity contribution is 7.99. The van der Waals surface area contributed by atoms with E-state index in [-0.39, 0.29) is 11.7 Å². The van der Waals surface area contributed by atoms with E-state index < -0.39 is 0 Å². The lowest BCUT2D eigenvalue weighted by atomic mass is 10.4. The molecule has 0 spiro atoms. The van der Waals surface area contributed by atoms with Crippen molar-refractivity contribution >= 4 is 29.2 Å². The molecule has 1 aliphatic carbocycles. The van der Waals surface area contributed by atoms with Crippen LogP contribution < -0.4 is 10.2 Å². The van der Waals surface area contributed by atoms with Crippen LogP contribution in [-0.2, 0) is 4.79 Å². The zero-order valence-electron chi connectivity index (χ0n) is 13.3. The molecule has 0 unspecified atom stereocenters. The molecule has 0 bridgehead atoms. The van der Waals surface area contributed by atoms with Gasteiger partial charge in [0.2, 0.25) is 11.1 Å². The minimum atomic E-state index is -0.0823. The maximum atomic E-state index is 12.1. The maximum Gasteiger partial charge on any atom is 0.234 e. The van der Waals surface area contributed by atoms with Crippen molar-refractivity contribution in [2.24, 2.45) is 0 Å². The molecular weight excluding hydrogens is 326 g/mol. The maximum absolute atomic E-state index is 12.1. The van der Waals surface area contributed by atoms with Crippen LogP contribution in [-0.4, -0.2) is 49.9 Å². The minimum Gasteiger partial charge on any atom is -0.357 e. The first-order valence-corrected chi connectivity index (χ1v) is 9.20. The summed E-state index contributed by atoms with van der Waals surface area (Å²) in [5.74, 6) is 1.17. The molecule has 1 saturated heterocycles. The van der Waals surface area contributed by atoms with E-state index in [0.29, 0.717) is 16.9 Å². The summed E-state index contributed by atoms with van der Waals surface area (Å²) in [5, 5.41) is 15.2. The number of hydrogen-bond acceptors (Lipinski definition) is 7. The third-order valence-electron chi connectivity index (χ3n) is 4.15. The van der Waals surface area contributed by atoms with Gasteiger partial charge in [-0.3, -0.25) is 4.79 Å². The summed E-state index contributed by atoms with van der Waals surface area (Å²) in [6.45, 7) is 2.12. The fourth-order valence-corrected chi connectivity index (χ4v) is 3.49. The lowest BCUT2D eigenvalue weighted by Crippen LogP contribution is -2.19. The molecule has 8 nitrogen and oxygen atoms in total. The molecule has 9 heteroatoms. The Kier molecular flexibility index (Phi) is 4.33. The van der Waals surface area contributed by atoms with Gasteiger partial charge in [0.1, 0.15) is 5.82 Å². The fraction of sp³-hybridized carbons (Fsp3) is 0.533. The highest BCUT2D eigenvalue weighted by Gasteiger charge is 2.28. The zero-order chi connectivity index (χ0) is 16.4. The van der Waals surface area contributed by atoms with E-state index in [1.54, 1.807) is 6.20 Å². The second kappa shape index (κ2) is 6.76. The Morgan fingerprint density at radius 2 is 2.12 bits per heavy atom. The molecule has 2 fully saturated rings. The normalized spacial score (nSPS) is 17.2.